The third-order valence-electron chi connectivity index (χ3n) is 2.77. The van der Waals surface area contributed by atoms with Crippen LogP contribution in [0.3, 0.4) is 0 Å². The molecule has 1 amide bonds. The number of nitrogens with one attached hydrogen (secondary N) is 3. The van der Waals surface area contributed by atoms with E-state index in [0.717, 1.165) is 0 Å². The first kappa shape index (κ1) is 16.3. The number of H-pyrrole nitrogens is 2. The Kier molecular flexibility index (Phi) is 5.14. The lowest BCUT2D eigenvalue weighted by Crippen LogP contribution is -2.05. The first-order chi connectivity index (χ1) is 11.1. The van der Waals surface area contributed by atoms with Crippen LogP contribution < -0.4 is 15.7 Å². The number of benzene rings is 1. The quantitative estimate of drug-likeness (QED) is 0.691. The van der Waals surface area contributed by atoms with Gasteiger partial charge in [0.05, 0.1) is 0 Å². The molecule has 0 radical (unpaired) electrons. The van der Waals surface area contributed by atoms with Crippen molar-refractivity contribution in [1.82, 2.24) is 15.0 Å². The number of hydrogen-bond acceptors (Lipinski definition) is 4. The van der Waals surface area contributed by atoms with Crippen molar-refractivity contribution >= 4 is 22.8 Å². The summed E-state index contributed by atoms with van der Waals surface area (Å²) >= 11 is 0. The predicted octanol–water partition coefficient (Wildman–Crippen LogP) is 3.03. The van der Waals surface area contributed by atoms with Gasteiger partial charge in [0.1, 0.15) is 11.3 Å². The van der Waals surface area contributed by atoms with Gasteiger partial charge < -0.3 is 15.0 Å². The van der Waals surface area contributed by atoms with Crippen LogP contribution in [-0.2, 0) is 4.79 Å². The van der Waals surface area contributed by atoms with Crippen LogP contribution in [0.25, 0.3) is 11.2 Å². The van der Waals surface area contributed by atoms with Crippen LogP contribution in [0.1, 0.15) is 20.8 Å². The highest BCUT2D eigenvalue weighted by molar-refractivity contribution is 5.88. The molecule has 120 valence electrons. The first-order valence-electron chi connectivity index (χ1n) is 7.24. The van der Waals surface area contributed by atoms with E-state index in [0.29, 0.717) is 28.4 Å². The molecule has 3 N–H and O–H groups in total. The fraction of sp³-hybridized carbons (Fsp3) is 0.188. The van der Waals surface area contributed by atoms with E-state index in [9.17, 15) is 9.59 Å². The van der Waals surface area contributed by atoms with Crippen LogP contribution in [0.2, 0.25) is 0 Å². The molecule has 2 aromatic heterocycles. The highest BCUT2D eigenvalue weighted by Gasteiger charge is 2.08. The molecule has 1 aromatic carbocycles. The molecule has 3 aromatic rings. The minimum absolute atomic E-state index is 0.159. The van der Waals surface area contributed by atoms with E-state index < -0.39 is 0 Å². The van der Waals surface area contributed by atoms with Crippen molar-refractivity contribution in [1.29, 1.82) is 0 Å². The van der Waals surface area contributed by atoms with Gasteiger partial charge in [-0.25, -0.2) is 9.78 Å². The standard InChI is InChI=1S/C14H12N4O3.C2H6/c1-8(19)16-9-3-2-4-10(7-9)21-11-5-6-15-13-12(11)17-14(20)18-13;1-2/h2-7H,1H3,(H,16,19)(H2,15,17,18,20);1-2H3. The normalized spacial score (nSPS) is 9.87. The van der Waals surface area contributed by atoms with Gasteiger partial charge in [0.2, 0.25) is 5.91 Å². The van der Waals surface area contributed by atoms with Crippen molar-refractivity contribution in [2.45, 2.75) is 20.8 Å². The zero-order chi connectivity index (χ0) is 16.8. The Labute approximate surface area is 132 Å². The summed E-state index contributed by atoms with van der Waals surface area (Å²) in [6.45, 7) is 5.43. The van der Waals surface area contributed by atoms with E-state index in [2.05, 4.69) is 20.3 Å². The van der Waals surface area contributed by atoms with Crippen LogP contribution in [0, 0.1) is 0 Å². The van der Waals surface area contributed by atoms with Crippen molar-refractivity contribution in [3.8, 4) is 11.5 Å². The smallest absolute Gasteiger partial charge is 0.325 e. The van der Waals surface area contributed by atoms with Gasteiger partial charge in [-0.05, 0) is 12.1 Å². The summed E-state index contributed by atoms with van der Waals surface area (Å²) in [7, 11) is 0. The summed E-state index contributed by atoms with van der Waals surface area (Å²) in [4.78, 5) is 31.6. The number of carbonyl (C=O) groups excluding carboxylic acids is 1. The van der Waals surface area contributed by atoms with Crippen LogP contribution in [0.4, 0.5) is 5.69 Å². The third-order valence-corrected chi connectivity index (χ3v) is 2.77. The second-order valence-electron chi connectivity index (χ2n) is 4.42. The largest absolute Gasteiger partial charge is 0.455 e. The highest BCUT2D eigenvalue weighted by atomic mass is 16.5. The van der Waals surface area contributed by atoms with Crippen LogP contribution >= 0.6 is 0 Å². The molecule has 23 heavy (non-hydrogen) atoms. The number of pyridine rings is 1. The maximum atomic E-state index is 11.3. The minimum Gasteiger partial charge on any atom is -0.455 e. The van der Waals surface area contributed by atoms with Gasteiger partial charge in [-0.3, -0.25) is 9.78 Å². The maximum absolute atomic E-state index is 11.3. The molecule has 0 atom stereocenters. The highest BCUT2D eigenvalue weighted by Crippen LogP contribution is 2.27. The molecule has 0 saturated heterocycles. The number of aromatic amines is 2. The van der Waals surface area contributed by atoms with E-state index in [4.69, 9.17) is 4.74 Å². The van der Waals surface area contributed by atoms with Crippen LogP contribution in [0.15, 0.2) is 41.3 Å². The molecule has 0 spiro atoms. The lowest BCUT2D eigenvalue weighted by Gasteiger charge is -2.08. The second-order valence-corrected chi connectivity index (χ2v) is 4.42. The molecule has 0 aliphatic rings. The number of hydrogen-bond donors (Lipinski definition) is 3. The summed E-state index contributed by atoms with van der Waals surface area (Å²) in [5.41, 5.74) is 1.20. The Morgan fingerprint density at radius 2 is 2.00 bits per heavy atom. The molecule has 0 aliphatic heterocycles. The van der Waals surface area contributed by atoms with Crippen LogP contribution in [0.5, 0.6) is 11.5 Å². The number of fused-ring (bicyclic) bond motifs is 1. The topological polar surface area (TPSA) is 99.9 Å². The van der Waals surface area contributed by atoms with Crippen molar-refractivity contribution in [3.05, 3.63) is 47.0 Å². The van der Waals surface area contributed by atoms with E-state index in [1.807, 2.05) is 13.8 Å². The van der Waals surface area contributed by atoms with Gasteiger partial charge in [0.15, 0.2) is 11.4 Å². The molecule has 3 rings (SSSR count). The third kappa shape index (κ3) is 3.97. The molecule has 0 bridgehead atoms. The van der Waals surface area contributed by atoms with Gasteiger partial charge >= 0.3 is 5.69 Å². The predicted molar refractivity (Wildman–Crippen MR) is 88.9 cm³/mol. The van der Waals surface area contributed by atoms with E-state index >= 15 is 0 Å². The van der Waals surface area contributed by atoms with Crippen molar-refractivity contribution in [2.75, 3.05) is 5.32 Å². The molecule has 0 fully saturated rings. The van der Waals surface area contributed by atoms with E-state index in [1.54, 1.807) is 36.5 Å². The maximum Gasteiger partial charge on any atom is 0.325 e. The number of imidazole rings is 1. The van der Waals surface area contributed by atoms with Crippen molar-refractivity contribution < 1.29 is 9.53 Å². The van der Waals surface area contributed by atoms with Gasteiger partial charge in [-0.2, -0.15) is 0 Å². The first-order valence-corrected chi connectivity index (χ1v) is 7.24. The van der Waals surface area contributed by atoms with E-state index in [-0.39, 0.29) is 11.6 Å². The van der Waals surface area contributed by atoms with Gasteiger partial charge in [-0.15, -0.1) is 0 Å². The number of aromatic nitrogens is 3. The number of amides is 1. The summed E-state index contributed by atoms with van der Waals surface area (Å²) in [6, 6.07) is 8.62. The number of rotatable bonds is 3. The second kappa shape index (κ2) is 7.26. The van der Waals surface area contributed by atoms with Crippen molar-refractivity contribution in [2.24, 2.45) is 0 Å². The summed E-state index contributed by atoms with van der Waals surface area (Å²) in [6.07, 6.45) is 1.54. The molecular formula is C16H18N4O3. The Morgan fingerprint density at radius 3 is 2.74 bits per heavy atom. The molecule has 0 unspecified atom stereocenters. The van der Waals surface area contributed by atoms with Crippen LogP contribution in [-0.4, -0.2) is 20.9 Å². The minimum atomic E-state index is -0.347. The monoisotopic (exact) mass is 314 g/mol. The number of carbonyl (C=O) groups is 1. The fourth-order valence-corrected chi connectivity index (χ4v) is 1.96. The lowest BCUT2D eigenvalue weighted by atomic mass is 10.3. The van der Waals surface area contributed by atoms with Crippen molar-refractivity contribution in [3.63, 3.8) is 0 Å². The zero-order valence-corrected chi connectivity index (χ0v) is 13.1. The van der Waals surface area contributed by atoms with E-state index in [1.165, 1.54) is 6.92 Å². The molecule has 7 heteroatoms. The summed E-state index contributed by atoms with van der Waals surface area (Å²) < 4.78 is 5.75. The molecule has 0 saturated carbocycles. The SMILES string of the molecule is CC.CC(=O)Nc1cccc(Oc2ccnc3[nH]c(=O)[nH]c23)c1. The zero-order valence-electron chi connectivity index (χ0n) is 13.1. The average Bonchev–Trinajstić information content (AvgIpc) is 2.90. The molecule has 7 nitrogen and oxygen atoms in total. The lowest BCUT2D eigenvalue weighted by molar-refractivity contribution is -0.114. The Balaban J connectivity index is 0.000000924. The molecule has 2 heterocycles. The molecular weight excluding hydrogens is 296 g/mol. The van der Waals surface area contributed by atoms with Gasteiger partial charge in [-0.1, -0.05) is 19.9 Å². The average molecular weight is 314 g/mol. The summed E-state index contributed by atoms with van der Waals surface area (Å²) in [5.74, 6) is 0.850. The number of anilines is 1. The molecule has 0 aliphatic carbocycles. The fourth-order valence-electron chi connectivity index (χ4n) is 1.96. The Bertz CT molecular complexity index is 867. The summed E-state index contributed by atoms with van der Waals surface area (Å²) in [5, 5.41) is 2.68. The Hall–Kier alpha value is -3.09. The number of ether oxygens (including phenoxy) is 1. The van der Waals surface area contributed by atoms with Gasteiger partial charge in [0.25, 0.3) is 0 Å². The number of nitrogens with zero attached hydrogens (tertiary/aromatic N) is 1. The Morgan fingerprint density at radius 1 is 1.22 bits per heavy atom. The van der Waals surface area contributed by atoms with Gasteiger partial charge in [0, 0.05) is 30.9 Å².